The molecule has 0 aliphatic rings. The van der Waals surface area contributed by atoms with Gasteiger partial charge in [-0.2, -0.15) is 0 Å². The fourth-order valence-electron chi connectivity index (χ4n) is 1.86. The van der Waals surface area contributed by atoms with E-state index in [1.54, 1.807) is 7.11 Å². The van der Waals surface area contributed by atoms with Gasteiger partial charge in [0.1, 0.15) is 11.3 Å². The molecule has 0 aliphatic carbocycles. The van der Waals surface area contributed by atoms with Gasteiger partial charge in [-0.25, -0.2) is 0 Å². The van der Waals surface area contributed by atoms with Crippen LogP contribution in [0.4, 0.5) is 0 Å². The Kier molecular flexibility index (Phi) is 3.33. The molecular formula is C12H14BrNO2. The normalized spacial score (nSPS) is 11.2. The van der Waals surface area contributed by atoms with Gasteiger partial charge in [-0.3, -0.25) is 0 Å². The number of benzene rings is 1. The second-order valence-corrected chi connectivity index (χ2v) is 4.56. The minimum atomic E-state index is 0.388. The maximum absolute atomic E-state index is 5.78. The zero-order chi connectivity index (χ0) is 11.7. The predicted molar refractivity (Wildman–Crippen MR) is 67.3 cm³/mol. The van der Waals surface area contributed by atoms with Gasteiger partial charge in [0, 0.05) is 22.5 Å². The Labute approximate surface area is 103 Å². The zero-order valence-electron chi connectivity index (χ0n) is 9.34. The summed E-state index contributed by atoms with van der Waals surface area (Å²) in [6.45, 7) is 2.93. The van der Waals surface area contributed by atoms with Crippen molar-refractivity contribution in [3.8, 4) is 0 Å². The molecule has 0 aliphatic heterocycles. The van der Waals surface area contributed by atoms with Gasteiger partial charge in [-0.15, -0.1) is 0 Å². The second-order valence-electron chi connectivity index (χ2n) is 3.71. The SMILES string of the molecule is COCc1c(CN)oc2c(C)ccc(Br)c12. The van der Waals surface area contributed by atoms with Crippen molar-refractivity contribution in [2.75, 3.05) is 7.11 Å². The first-order valence-corrected chi connectivity index (χ1v) is 5.86. The van der Waals surface area contributed by atoms with Crippen molar-refractivity contribution in [3.63, 3.8) is 0 Å². The van der Waals surface area contributed by atoms with Crippen LogP contribution in [0.25, 0.3) is 11.0 Å². The van der Waals surface area contributed by atoms with Crippen molar-refractivity contribution in [2.24, 2.45) is 5.73 Å². The topological polar surface area (TPSA) is 48.4 Å². The van der Waals surface area contributed by atoms with Crippen molar-refractivity contribution in [2.45, 2.75) is 20.1 Å². The number of rotatable bonds is 3. The van der Waals surface area contributed by atoms with Crippen LogP contribution in [-0.2, 0) is 17.9 Å². The summed E-state index contributed by atoms with van der Waals surface area (Å²) in [5.41, 5.74) is 8.72. The van der Waals surface area contributed by atoms with Gasteiger partial charge in [0.2, 0.25) is 0 Å². The molecule has 86 valence electrons. The first-order valence-electron chi connectivity index (χ1n) is 5.07. The molecule has 0 radical (unpaired) electrons. The molecule has 0 atom stereocenters. The number of fused-ring (bicyclic) bond motifs is 1. The Morgan fingerprint density at radius 2 is 2.19 bits per heavy atom. The van der Waals surface area contributed by atoms with Crippen LogP contribution in [0.1, 0.15) is 16.9 Å². The lowest BCUT2D eigenvalue weighted by Crippen LogP contribution is -1.99. The van der Waals surface area contributed by atoms with E-state index in [4.69, 9.17) is 14.9 Å². The largest absolute Gasteiger partial charge is 0.459 e. The highest BCUT2D eigenvalue weighted by Gasteiger charge is 2.16. The highest BCUT2D eigenvalue weighted by Crippen LogP contribution is 2.34. The van der Waals surface area contributed by atoms with Gasteiger partial charge in [0.25, 0.3) is 0 Å². The number of halogens is 1. The fourth-order valence-corrected chi connectivity index (χ4v) is 2.41. The van der Waals surface area contributed by atoms with Crippen LogP contribution in [0.5, 0.6) is 0 Å². The van der Waals surface area contributed by atoms with Crippen molar-refractivity contribution >= 4 is 26.9 Å². The first kappa shape index (κ1) is 11.6. The van der Waals surface area contributed by atoms with Crippen molar-refractivity contribution in [1.29, 1.82) is 0 Å². The molecule has 0 saturated heterocycles. The summed E-state index contributed by atoms with van der Waals surface area (Å²) in [5, 5.41) is 1.07. The van der Waals surface area contributed by atoms with Crippen LogP contribution in [0.15, 0.2) is 21.0 Å². The lowest BCUT2D eigenvalue weighted by molar-refractivity contribution is 0.184. The quantitative estimate of drug-likeness (QED) is 0.942. The Hall–Kier alpha value is -0.840. The van der Waals surface area contributed by atoms with Crippen LogP contribution < -0.4 is 5.73 Å². The Morgan fingerprint density at radius 3 is 2.81 bits per heavy atom. The molecule has 3 nitrogen and oxygen atoms in total. The van der Waals surface area contributed by atoms with Crippen molar-refractivity contribution in [1.82, 2.24) is 0 Å². The molecule has 2 aromatic rings. The molecule has 0 bridgehead atoms. The molecule has 4 heteroatoms. The summed E-state index contributed by atoms with van der Waals surface area (Å²) >= 11 is 3.54. The van der Waals surface area contributed by atoms with Gasteiger partial charge in [0.15, 0.2) is 0 Å². The summed E-state index contributed by atoms with van der Waals surface area (Å²) in [6, 6.07) is 4.04. The van der Waals surface area contributed by atoms with Gasteiger partial charge < -0.3 is 14.9 Å². The first-order chi connectivity index (χ1) is 7.69. The van der Waals surface area contributed by atoms with Crippen LogP contribution in [-0.4, -0.2) is 7.11 Å². The molecule has 0 spiro atoms. The van der Waals surface area contributed by atoms with Crippen LogP contribution >= 0.6 is 15.9 Å². The van der Waals surface area contributed by atoms with E-state index in [-0.39, 0.29) is 0 Å². The zero-order valence-corrected chi connectivity index (χ0v) is 10.9. The molecule has 0 fully saturated rings. The molecule has 2 rings (SSSR count). The third-order valence-electron chi connectivity index (χ3n) is 2.64. The molecule has 0 unspecified atom stereocenters. The van der Waals surface area contributed by atoms with E-state index in [1.165, 1.54) is 0 Å². The van der Waals surface area contributed by atoms with E-state index in [1.807, 2.05) is 19.1 Å². The summed E-state index contributed by atoms with van der Waals surface area (Å²) in [7, 11) is 1.67. The van der Waals surface area contributed by atoms with Crippen molar-refractivity contribution < 1.29 is 9.15 Å². The van der Waals surface area contributed by atoms with Gasteiger partial charge >= 0.3 is 0 Å². The maximum atomic E-state index is 5.78. The van der Waals surface area contributed by atoms with Gasteiger partial charge in [0.05, 0.1) is 13.2 Å². The molecule has 0 saturated carbocycles. The number of hydrogen-bond acceptors (Lipinski definition) is 3. The number of furan rings is 1. The summed E-state index contributed by atoms with van der Waals surface area (Å²) < 4.78 is 12.0. The van der Waals surface area contributed by atoms with E-state index in [0.717, 1.165) is 32.3 Å². The van der Waals surface area contributed by atoms with E-state index in [0.29, 0.717) is 13.2 Å². The van der Waals surface area contributed by atoms with E-state index >= 15 is 0 Å². The third kappa shape index (κ3) is 1.77. The average Bonchev–Trinajstić information content (AvgIpc) is 2.64. The smallest absolute Gasteiger partial charge is 0.138 e. The number of aryl methyl sites for hydroxylation is 1. The monoisotopic (exact) mass is 283 g/mol. The summed E-state index contributed by atoms with van der Waals surface area (Å²) in [4.78, 5) is 0. The lowest BCUT2D eigenvalue weighted by Gasteiger charge is -2.01. The standard InChI is InChI=1S/C12H14BrNO2/c1-7-3-4-9(13)11-8(6-15-2)10(5-14)16-12(7)11/h3-4H,5-6,14H2,1-2H3. The summed E-state index contributed by atoms with van der Waals surface area (Å²) in [5.74, 6) is 0.798. The molecule has 1 heterocycles. The molecule has 0 amide bonds. The molecule has 16 heavy (non-hydrogen) atoms. The number of methoxy groups -OCH3 is 1. The molecule has 2 N–H and O–H groups in total. The fraction of sp³-hybridized carbons (Fsp3) is 0.333. The Bertz CT molecular complexity index is 519. The molecular weight excluding hydrogens is 270 g/mol. The van der Waals surface area contributed by atoms with Crippen molar-refractivity contribution in [3.05, 3.63) is 33.5 Å². The second kappa shape index (κ2) is 4.57. The Morgan fingerprint density at radius 1 is 1.44 bits per heavy atom. The van der Waals surface area contributed by atoms with Gasteiger partial charge in [-0.05, 0) is 18.6 Å². The van der Waals surface area contributed by atoms with E-state index < -0.39 is 0 Å². The highest BCUT2D eigenvalue weighted by molar-refractivity contribution is 9.10. The average molecular weight is 284 g/mol. The van der Waals surface area contributed by atoms with E-state index in [2.05, 4.69) is 15.9 Å². The minimum absolute atomic E-state index is 0.388. The highest BCUT2D eigenvalue weighted by atomic mass is 79.9. The number of nitrogens with two attached hydrogens (primary N) is 1. The van der Waals surface area contributed by atoms with Gasteiger partial charge in [-0.1, -0.05) is 22.0 Å². The number of ether oxygens (including phenoxy) is 1. The van der Waals surface area contributed by atoms with Crippen LogP contribution in [0.3, 0.4) is 0 Å². The van der Waals surface area contributed by atoms with Crippen LogP contribution in [0, 0.1) is 6.92 Å². The maximum Gasteiger partial charge on any atom is 0.138 e. The van der Waals surface area contributed by atoms with Crippen LogP contribution in [0.2, 0.25) is 0 Å². The third-order valence-corrected chi connectivity index (χ3v) is 3.30. The molecule has 1 aromatic carbocycles. The van der Waals surface area contributed by atoms with E-state index in [9.17, 15) is 0 Å². The number of hydrogen-bond donors (Lipinski definition) is 1. The minimum Gasteiger partial charge on any atom is -0.459 e. The lowest BCUT2D eigenvalue weighted by atomic mass is 10.1. The molecule has 1 aromatic heterocycles. The Balaban J connectivity index is 2.78. The summed E-state index contributed by atoms with van der Waals surface area (Å²) in [6.07, 6.45) is 0. The predicted octanol–water partition coefficient (Wildman–Crippen LogP) is 3.11.